The van der Waals surface area contributed by atoms with Crippen LogP contribution in [0.5, 0.6) is 5.75 Å². The van der Waals surface area contributed by atoms with E-state index in [0.717, 1.165) is 37.0 Å². The van der Waals surface area contributed by atoms with E-state index < -0.39 is 11.9 Å². The normalized spacial score (nSPS) is 10.6. The smallest absolute Gasteiger partial charge is 0.335 e. The van der Waals surface area contributed by atoms with Crippen molar-refractivity contribution >= 4 is 23.5 Å². The molecule has 0 radical (unpaired) electrons. The number of aromatic carboxylic acids is 1. The summed E-state index contributed by atoms with van der Waals surface area (Å²) in [5.74, 6) is -0.659. The largest absolute Gasteiger partial charge is 0.494 e. The number of hydrogen-bond acceptors (Lipinski definition) is 3. The van der Waals surface area contributed by atoms with Gasteiger partial charge in [-0.05, 0) is 73.6 Å². The Morgan fingerprint density at radius 2 is 1.58 bits per heavy atom. The van der Waals surface area contributed by atoms with Crippen molar-refractivity contribution in [1.82, 2.24) is 5.32 Å². The van der Waals surface area contributed by atoms with Crippen molar-refractivity contribution < 1.29 is 19.4 Å². The highest BCUT2D eigenvalue weighted by atomic mass is 35.5. The van der Waals surface area contributed by atoms with Crippen molar-refractivity contribution in [3.8, 4) is 5.75 Å². The van der Waals surface area contributed by atoms with E-state index >= 15 is 0 Å². The quantitative estimate of drug-likeness (QED) is 0.331. The number of carbonyl (C=O) groups is 2. The number of carboxylic acids is 1. The van der Waals surface area contributed by atoms with Crippen LogP contribution in [0, 0.1) is 0 Å². The van der Waals surface area contributed by atoms with E-state index in [1.807, 2.05) is 30.3 Å². The Labute approximate surface area is 199 Å². The number of benzene rings is 3. The average Bonchev–Trinajstić information content (AvgIpc) is 2.83. The van der Waals surface area contributed by atoms with Gasteiger partial charge in [-0.3, -0.25) is 4.79 Å². The lowest BCUT2D eigenvalue weighted by atomic mass is 10.1. The molecule has 0 spiro atoms. The number of rotatable bonds is 12. The molecule has 0 fully saturated rings. The Morgan fingerprint density at radius 1 is 0.848 bits per heavy atom. The van der Waals surface area contributed by atoms with Crippen molar-refractivity contribution in [3.05, 3.63) is 100 Å². The minimum Gasteiger partial charge on any atom is -0.494 e. The second kappa shape index (κ2) is 12.7. The molecule has 1 amide bonds. The summed E-state index contributed by atoms with van der Waals surface area (Å²) in [6, 6.07) is 22.4. The van der Waals surface area contributed by atoms with E-state index in [9.17, 15) is 9.59 Å². The Kier molecular flexibility index (Phi) is 9.33. The number of carboxylic acid groups (broad SMARTS) is 1. The standard InChI is InChI=1S/C27H28ClNO4/c28-25-15-12-22(27(31)32)19-24(25)26(30)29-17-16-21-10-13-23(14-11-21)33-18-6-2-5-9-20-7-3-1-4-8-20/h1,3-4,7-8,10-15,19H,2,5-6,9,16-18H2,(H,29,30)(H,31,32). The van der Waals surface area contributed by atoms with E-state index in [0.29, 0.717) is 19.6 Å². The number of carbonyl (C=O) groups excluding carboxylic acids is 1. The maximum absolute atomic E-state index is 12.4. The number of halogens is 1. The van der Waals surface area contributed by atoms with E-state index in [-0.39, 0.29) is 16.1 Å². The second-order valence-electron chi connectivity index (χ2n) is 7.79. The first-order valence-corrected chi connectivity index (χ1v) is 11.5. The molecule has 0 aromatic heterocycles. The fourth-order valence-corrected chi connectivity index (χ4v) is 3.65. The van der Waals surface area contributed by atoms with Gasteiger partial charge in [0.25, 0.3) is 5.91 Å². The maximum atomic E-state index is 12.4. The molecule has 2 N–H and O–H groups in total. The third-order valence-electron chi connectivity index (χ3n) is 5.30. The van der Waals surface area contributed by atoms with Crippen LogP contribution in [0.2, 0.25) is 5.02 Å². The van der Waals surface area contributed by atoms with Gasteiger partial charge in [-0.2, -0.15) is 0 Å². The van der Waals surface area contributed by atoms with Crippen LogP contribution in [-0.4, -0.2) is 30.1 Å². The number of hydrogen-bond donors (Lipinski definition) is 2. The Morgan fingerprint density at radius 3 is 2.30 bits per heavy atom. The third-order valence-corrected chi connectivity index (χ3v) is 5.63. The van der Waals surface area contributed by atoms with Crippen LogP contribution >= 0.6 is 11.6 Å². The van der Waals surface area contributed by atoms with E-state index in [1.165, 1.54) is 23.8 Å². The molecular weight excluding hydrogens is 438 g/mol. The third kappa shape index (κ3) is 7.95. The molecule has 0 saturated heterocycles. The van der Waals surface area contributed by atoms with Crippen molar-refractivity contribution in [2.75, 3.05) is 13.2 Å². The van der Waals surface area contributed by atoms with Crippen LogP contribution in [0.25, 0.3) is 0 Å². The van der Waals surface area contributed by atoms with E-state index in [4.69, 9.17) is 21.4 Å². The average molecular weight is 466 g/mol. The minimum absolute atomic E-state index is 0.0244. The van der Waals surface area contributed by atoms with Crippen molar-refractivity contribution in [2.45, 2.75) is 32.1 Å². The predicted molar refractivity (Wildman–Crippen MR) is 130 cm³/mol. The van der Waals surface area contributed by atoms with Crippen LogP contribution in [0.15, 0.2) is 72.8 Å². The summed E-state index contributed by atoms with van der Waals surface area (Å²) in [7, 11) is 0. The van der Waals surface area contributed by atoms with E-state index in [2.05, 4.69) is 29.6 Å². The Balaban J connectivity index is 1.34. The molecule has 172 valence electrons. The van der Waals surface area contributed by atoms with Gasteiger partial charge in [0.2, 0.25) is 0 Å². The number of ether oxygens (including phenoxy) is 1. The summed E-state index contributed by atoms with van der Waals surface area (Å²) >= 11 is 6.04. The molecule has 0 heterocycles. The van der Waals surface area contributed by atoms with E-state index in [1.54, 1.807) is 0 Å². The monoisotopic (exact) mass is 465 g/mol. The lowest BCUT2D eigenvalue weighted by Crippen LogP contribution is -2.26. The molecule has 33 heavy (non-hydrogen) atoms. The summed E-state index contributed by atoms with van der Waals surface area (Å²) in [6.45, 7) is 1.11. The minimum atomic E-state index is -1.10. The van der Waals surface area contributed by atoms with Gasteiger partial charge in [-0.1, -0.05) is 54.1 Å². The lowest BCUT2D eigenvalue weighted by Gasteiger charge is -2.09. The van der Waals surface area contributed by atoms with Gasteiger partial charge in [-0.15, -0.1) is 0 Å². The molecule has 0 saturated carbocycles. The fraction of sp³-hybridized carbons (Fsp3) is 0.259. The number of aryl methyl sites for hydroxylation is 1. The van der Waals surface area contributed by atoms with Gasteiger partial charge < -0.3 is 15.2 Å². The number of amides is 1. The maximum Gasteiger partial charge on any atom is 0.335 e. The molecule has 3 rings (SSSR count). The van der Waals surface area contributed by atoms with Gasteiger partial charge in [0.15, 0.2) is 0 Å². The molecule has 0 aliphatic carbocycles. The summed E-state index contributed by atoms with van der Waals surface area (Å²) in [4.78, 5) is 23.4. The van der Waals surface area contributed by atoms with Gasteiger partial charge >= 0.3 is 5.97 Å². The molecule has 6 heteroatoms. The highest BCUT2D eigenvalue weighted by Crippen LogP contribution is 2.18. The topological polar surface area (TPSA) is 75.6 Å². The molecule has 0 atom stereocenters. The molecule has 3 aromatic rings. The fourth-order valence-electron chi connectivity index (χ4n) is 3.44. The highest BCUT2D eigenvalue weighted by Gasteiger charge is 2.13. The highest BCUT2D eigenvalue weighted by molar-refractivity contribution is 6.34. The molecular formula is C27H28ClNO4. The number of nitrogens with one attached hydrogen (secondary N) is 1. The van der Waals surface area contributed by atoms with Crippen LogP contribution in [0.4, 0.5) is 0 Å². The molecule has 0 bridgehead atoms. The second-order valence-corrected chi connectivity index (χ2v) is 8.20. The Hall–Kier alpha value is -3.31. The first kappa shape index (κ1) is 24.3. The van der Waals surface area contributed by atoms with Crippen molar-refractivity contribution in [3.63, 3.8) is 0 Å². The SMILES string of the molecule is O=C(O)c1ccc(Cl)c(C(=O)NCCc2ccc(OCCCCCc3ccccc3)cc2)c1. The number of unbranched alkanes of at least 4 members (excludes halogenated alkanes) is 2. The van der Waals surface area contributed by atoms with Gasteiger partial charge in [0, 0.05) is 6.54 Å². The first-order chi connectivity index (χ1) is 16.0. The first-order valence-electron chi connectivity index (χ1n) is 11.1. The van der Waals surface area contributed by atoms with Crippen molar-refractivity contribution in [1.29, 1.82) is 0 Å². The summed E-state index contributed by atoms with van der Waals surface area (Å²) < 4.78 is 5.83. The van der Waals surface area contributed by atoms with Gasteiger partial charge in [-0.25, -0.2) is 4.79 Å². The van der Waals surface area contributed by atoms with Crippen LogP contribution in [0.1, 0.15) is 51.1 Å². The van der Waals surface area contributed by atoms with Gasteiger partial charge in [0.1, 0.15) is 5.75 Å². The molecule has 0 aliphatic heterocycles. The zero-order valence-corrected chi connectivity index (χ0v) is 19.2. The zero-order valence-electron chi connectivity index (χ0n) is 18.4. The molecule has 5 nitrogen and oxygen atoms in total. The molecule has 3 aromatic carbocycles. The summed E-state index contributed by atoms with van der Waals surface area (Å²) in [5.41, 5.74) is 2.62. The Bertz CT molecular complexity index is 1050. The van der Waals surface area contributed by atoms with Crippen LogP contribution in [0.3, 0.4) is 0 Å². The molecule has 0 aliphatic rings. The van der Waals surface area contributed by atoms with Crippen molar-refractivity contribution in [2.24, 2.45) is 0 Å². The molecule has 0 unspecified atom stereocenters. The summed E-state index contributed by atoms with van der Waals surface area (Å²) in [5, 5.41) is 12.1. The lowest BCUT2D eigenvalue weighted by molar-refractivity contribution is 0.0697. The van der Waals surface area contributed by atoms with Crippen LogP contribution < -0.4 is 10.1 Å². The van der Waals surface area contributed by atoms with Crippen LogP contribution in [-0.2, 0) is 12.8 Å². The zero-order chi connectivity index (χ0) is 23.5. The van der Waals surface area contributed by atoms with Gasteiger partial charge in [0.05, 0.1) is 22.8 Å². The summed E-state index contributed by atoms with van der Waals surface area (Å²) in [6.07, 6.45) is 5.05. The predicted octanol–water partition coefficient (Wildman–Crippen LogP) is 5.80.